The van der Waals surface area contributed by atoms with Crippen molar-refractivity contribution in [1.82, 2.24) is 0 Å². The van der Waals surface area contributed by atoms with E-state index in [-0.39, 0.29) is 5.76 Å². The Bertz CT molecular complexity index is 502. The molecule has 0 aliphatic carbocycles. The molecular weight excluding hydrogens is 194 g/mol. The molecule has 2 rings (SSSR count). The number of hydrogen-bond donors (Lipinski definition) is 2. The molecule has 4 nitrogen and oxygen atoms in total. The molecule has 4 heteroatoms. The molecular formula is C11H9NO3. The van der Waals surface area contributed by atoms with Gasteiger partial charge in [-0.25, -0.2) is 4.79 Å². The van der Waals surface area contributed by atoms with E-state index >= 15 is 0 Å². The highest BCUT2D eigenvalue weighted by molar-refractivity contribution is 5.85. The van der Waals surface area contributed by atoms with Crippen molar-refractivity contribution in [1.29, 1.82) is 0 Å². The average molecular weight is 203 g/mol. The van der Waals surface area contributed by atoms with Crippen molar-refractivity contribution in [2.75, 3.05) is 5.73 Å². The van der Waals surface area contributed by atoms with Crippen LogP contribution in [0.4, 0.5) is 5.69 Å². The molecule has 0 spiro atoms. The number of anilines is 1. The SMILES string of the molecule is Nc1cccc(-c2ccc(C(=O)O)o2)c1. The normalized spacial score (nSPS) is 10.1. The van der Waals surface area contributed by atoms with E-state index in [1.807, 2.05) is 0 Å². The van der Waals surface area contributed by atoms with Crippen LogP contribution in [0.5, 0.6) is 0 Å². The standard InChI is InChI=1S/C11H9NO3/c12-8-3-1-2-7(6-8)9-4-5-10(15-9)11(13)14/h1-6H,12H2,(H,13,14). The largest absolute Gasteiger partial charge is 0.475 e. The third-order valence-corrected chi connectivity index (χ3v) is 1.99. The number of rotatable bonds is 2. The van der Waals surface area contributed by atoms with Gasteiger partial charge >= 0.3 is 5.97 Å². The summed E-state index contributed by atoms with van der Waals surface area (Å²) >= 11 is 0. The van der Waals surface area contributed by atoms with Gasteiger partial charge in [-0.1, -0.05) is 12.1 Å². The molecule has 3 N–H and O–H groups in total. The van der Waals surface area contributed by atoms with Gasteiger partial charge in [0.1, 0.15) is 5.76 Å². The van der Waals surface area contributed by atoms with Gasteiger partial charge in [0.2, 0.25) is 5.76 Å². The van der Waals surface area contributed by atoms with E-state index in [4.69, 9.17) is 15.3 Å². The smallest absolute Gasteiger partial charge is 0.371 e. The highest BCUT2D eigenvalue weighted by atomic mass is 16.4. The van der Waals surface area contributed by atoms with E-state index < -0.39 is 5.97 Å². The number of furan rings is 1. The Morgan fingerprint density at radius 1 is 1.27 bits per heavy atom. The molecule has 15 heavy (non-hydrogen) atoms. The van der Waals surface area contributed by atoms with Crippen LogP contribution in [0, 0.1) is 0 Å². The monoisotopic (exact) mass is 203 g/mol. The number of carboxylic acid groups (broad SMARTS) is 1. The van der Waals surface area contributed by atoms with Crippen molar-refractivity contribution in [3.63, 3.8) is 0 Å². The van der Waals surface area contributed by atoms with Crippen molar-refractivity contribution in [3.05, 3.63) is 42.2 Å². The van der Waals surface area contributed by atoms with Crippen molar-refractivity contribution in [2.24, 2.45) is 0 Å². The summed E-state index contributed by atoms with van der Waals surface area (Å²) in [5, 5.41) is 8.68. The van der Waals surface area contributed by atoms with Gasteiger partial charge < -0.3 is 15.3 Å². The lowest BCUT2D eigenvalue weighted by Gasteiger charge is -1.97. The summed E-state index contributed by atoms with van der Waals surface area (Å²) in [6, 6.07) is 10.1. The zero-order valence-corrected chi connectivity index (χ0v) is 7.81. The van der Waals surface area contributed by atoms with Gasteiger partial charge in [-0.2, -0.15) is 0 Å². The van der Waals surface area contributed by atoms with Crippen molar-refractivity contribution >= 4 is 11.7 Å². The number of nitrogen functional groups attached to an aromatic ring is 1. The first-order valence-corrected chi connectivity index (χ1v) is 4.36. The lowest BCUT2D eigenvalue weighted by atomic mass is 10.1. The Morgan fingerprint density at radius 3 is 2.67 bits per heavy atom. The maximum absolute atomic E-state index is 10.6. The van der Waals surface area contributed by atoms with Crippen LogP contribution in [0.2, 0.25) is 0 Å². The molecule has 0 amide bonds. The van der Waals surface area contributed by atoms with Gasteiger partial charge in [-0.3, -0.25) is 0 Å². The van der Waals surface area contributed by atoms with Crippen LogP contribution in [0.3, 0.4) is 0 Å². The molecule has 0 saturated carbocycles. The molecule has 1 aromatic heterocycles. The second-order valence-electron chi connectivity index (χ2n) is 3.09. The van der Waals surface area contributed by atoms with Crippen LogP contribution in [-0.2, 0) is 0 Å². The molecule has 0 bridgehead atoms. The number of nitrogens with two attached hydrogens (primary N) is 1. The second-order valence-corrected chi connectivity index (χ2v) is 3.09. The summed E-state index contributed by atoms with van der Waals surface area (Å²) in [6.07, 6.45) is 0. The van der Waals surface area contributed by atoms with Crippen LogP contribution in [0.1, 0.15) is 10.6 Å². The minimum atomic E-state index is -1.08. The minimum absolute atomic E-state index is 0.0765. The van der Waals surface area contributed by atoms with Gasteiger partial charge in [0.15, 0.2) is 0 Å². The highest BCUT2D eigenvalue weighted by Gasteiger charge is 2.09. The summed E-state index contributed by atoms with van der Waals surface area (Å²) in [5.74, 6) is -0.655. The molecule has 0 fully saturated rings. The van der Waals surface area contributed by atoms with Crippen LogP contribution < -0.4 is 5.73 Å². The van der Waals surface area contributed by atoms with Crippen molar-refractivity contribution < 1.29 is 14.3 Å². The third kappa shape index (κ3) is 1.83. The molecule has 0 saturated heterocycles. The summed E-state index contributed by atoms with van der Waals surface area (Å²) in [6.45, 7) is 0. The molecule has 0 atom stereocenters. The predicted molar refractivity (Wildman–Crippen MR) is 55.5 cm³/mol. The third-order valence-electron chi connectivity index (χ3n) is 1.99. The van der Waals surface area contributed by atoms with E-state index in [1.54, 1.807) is 30.3 Å². The first-order chi connectivity index (χ1) is 7.16. The zero-order chi connectivity index (χ0) is 10.8. The first-order valence-electron chi connectivity index (χ1n) is 4.36. The summed E-state index contributed by atoms with van der Waals surface area (Å²) in [7, 11) is 0. The number of hydrogen-bond acceptors (Lipinski definition) is 3. The van der Waals surface area contributed by atoms with Crippen molar-refractivity contribution in [3.8, 4) is 11.3 Å². The summed E-state index contributed by atoms with van der Waals surface area (Å²) in [4.78, 5) is 10.6. The highest BCUT2D eigenvalue weighted by Crippen LogP contribution is 2.23. The fourth-order valence-electron chi connectivity index (χ4n) is 1.30. The van der Waals surface area contributed by atoms with E-state index in [2.05, 4.69) is 0 Å². The number of aromatic carboxylic acids is 1. The molecule has 0 unspecified atom stereocenters. The Balaban J connectivity index is 2.41. The maximum atomic E-state index is 10.6. The summed E-state index contributed by atoms with van der Waals surface area (Å²) in [5.41, 5.74) is 6.98. The van der Waals surface area contributed by atoms with E-state index in [0.29, 0.717) is 11.4 Å². The van der Waals surface area contributed by atoms with Crippen LogP contribution in [0.15, 0.2) is 40.8 Å². The average Bonchev–Trinajstić information content (AvgIpc) is 2.66. The van der Waals surface area contributed by atoms with Gasteiger partial charge in [-0.05, 0) is 24.3 Å². The maximum Gasteiger partial charge on any atom is 0.371 e. The number of carbonyl (C=O) groups is 1. The second kappa shape index (κ2) is 3.49. The van der Waals surface area contributed by atoms with Crippen LogP contribution in [-0.4, -0.2) is 11.1 Å². The van der Waals surface area contributed by atoms with Gasteiger partial charge in [0.25, 0.3) is 0 Å². The van der Waals surface area contributed by atoms with Gasteiger partial charge in [-0.15, -0.1) is 0 Å². The molecule has 2 aromatic rings. The molecule has 76 valence electrons. The Hall–Kier alpha value is -2.23. The van der Waals surface area contributed by atoms with E-state index in [9.17, 15) is 4.79 Å². The predicted octanol–water partition coefficient (Wildman–Crippen LogP) is 2.23. The lowest BCUT2D eigenvalue weighted by Crippen LogP contribution is -1.91. The fourth-order valence-corrected chi connectivity index (χ4v) is 1.30. The molecule has 0 aliphatic heterocycles. The Labute approximate surface area is 85.9 Å². The van der Waals surface area contributed by atoms with Crippen LogP contribution >= 0.6 is 0 Å². The minimum Gasteiger partial charge on any atom is -0.475 e. The quantitative estimate of drug-likeness (QED) is 0.733. The molecule has 1 heterocycles. The summed E-state index contributed by atoms with van der Waals surface area (Å²) < 4.78 is 5.13. The van der Waals surface area contributed by atoms with E-state index in [1.165, 1.54) is 6.07 Å². The number of carboxylic acids is 1. The first kappa shape index (κ1) is 9.33. The topological polar surface area (TPSA) is 76.5 Å². The van der Waals surface area contributed by atoms with Crippen LogP contribution in [0.25, 0.3) is 11.3 Å². The van der Waals surface area contributed by atoms with Gasteiger partial charge in [0, 0.05) is 11.3 Å². The van der Waals surface area contributed by atoms with Gasteiger partial charge in [0.05, 0.1) is 0 Å². The number of benzene rings is 1. The lowest BCUT2D eigenvalue weighted by molar-refractivity contribution is 0.0663. The molecule has 0 aliphatic rings. The molecule has 1 aromatic carbocycles. The van der Waals surface area contributed by atoms with Crippen molar-refractivity contribution in [2.45, 2.75) is 0 Å². The fraction of sp³-hybridized carbons (Fsp3) is 0. The zero-order valence-electron chi connectivity index (χ0n) is 7.81. The Kier molecular flexibility index (Phi) is 2.17. The van der Waals surface area contributed by atoms with E-state index in [0.717, 1.165) is 5.56 Å². The Morgan fingerprint density at radius 2 is 2.07 bits per heavy atom. The molecule has 0 radical (unpaired) electrons.